The number of nitrogens with one attached hydrogen (secondary N) is 1. The molecule has 0 radical (unpaired) electrons. The Morgan fingerprint density at radius 2 is 1.76 bits per heavy atom. The van der Waals surface area contributed by atoms with Crippen molar-refractivity contribution in [2.75, 3.05) is 19.1 Å². The summed E-state index contributed by atoms with van der Waals surface area (Å²) < 4.78 is 9.60. The van der Waals surface area contributed by atoms with Crippen molar-refractivity contribution in [1.29, 1.82) is 0 Å². The minimum atomic E-state index is -0.929. The molecule has 1 aliphatic rings. The van der Waals surface area contributed by atoms with Gasteiger partial charge in [0.25, 0.3) is 11.8 Å². The zero-order chi connectivity index (χ0) is 21.1. The van der Waals surface area contributed by atoms with Crippen LogP contribution in [0.25, 0.3) is 6.08 Å². The van der Waals surface area contributed by atoms with Crippen molar-refractivity contribution < 1.29 is 33.8 Å². The standard InChI is InChI=1S/C20H16N2O7/c1-28-14-8-5-12(16(23)10-14)9-15-17(24)21-20(27)22(18(15)25)13-6-3-11(4-7-13)19(26)29-2/h3-10,23H,1-2H3,(H,21,24,27)/b15-9+. The third kappa shape index (κ3) is 3.79. The van der Waals surface area contributed by atoms with Gasteiger partial charge in [0.2, 0.25) is 0 Å². The number of carbonyl (C=O) groups excluding carboxylic acids is 4. The molecule has 148 valence electrons. The van der Waals surface area contributed by atoms with Gasteiger partial charge in [-0.05, 0) is 42.5 Å². The maximum Gasteiger partial charge on any atom is 0.337 e. The lowest BCUT2D eigenvalue weighted by atomic mass is 10.1. The number of ether oxygens (including phenoxy) is 2. The first-order valence-corrected chi connectivity index (χ1v) is 8.32. The maximum absolute atomic E-state index is 12.8. The van der Waals surface area contributed by atoms with Crippen LogP contribution in [0.4, 0.5) is 10.5 Å². The van der Waals surface area contributed by atoms with Crippen LogP contribution in [-0.4, -0.2) is 43.1 Å². The fraction of sp³-hybridized carbons (Fsp3) is 0.100. The summed E-state index contributed by atoms with van der Waals surface area (Å²) in [6, 6.07) is 8.94. The quantitative estimate of drug-likeness (QED) is 0.459. The first-order valence-electron chi connectivity index (χ1n) is 8.32. The second kappa shape index (κ2) is 7.85. The van der Waals surface area contributed by atoms with E-state index in [2.05, 4.69) is 10.1 Å². The number of methoxy groups -OCH3 is 2. The van der Waals surface area contributed by atoms with Crippen molar-refractivity contribution in [3.63, 3.8) is 0 Å². The van der Waals surface area contributed by atoms with E-state index in [9.17, 15) is 24.3 Å². The van der Waals surface area contributed by atoms with Crippen LogP contribution in [0.3, 0.4) is 0 Å². The second-order valence-corrected chi connectivity index (χ2v) is 5.92. The Morgan fingerprint density at radius 3 is 2.34 bits per heavy atom. The van der Waals surface area contributed by atoms with Crippen LogP contribution in [-0.2, 0) is 14.3 Å². The van der Waals surface area contributed by atoms with Crippen LogP contribution >= 0.6 is 0 Å². The van der Waals surface area contributed by atoms with Gasteiger partial charge in [-0.3, -0.25) is 14.9 Å². The molecule has 1 saturated heterocycles. The smallest absolute Gasteiger partial charge is 0.337 e. The molecule has 1 aliphatic heterocycles. The van der Waals surface area contributed by atoms with Crippen molar-refractivity contribution in [3.05, 3.63) is 59.2 Å². The number of imide groups is 2. The molecule has 0 aromatic heterocycles. The molecule has 2 aromatic rings. The molecule has 4 amide bonds. The molecule has 0 saturated carbocycles. The lowest BCUT2D eigenvalue weighted by Gasteiger charge is -2.26. The van der Waals surface area contributed by atoms with Gasteiger partial charge in [0.1, 0.15) is 17.1 Å². The number of phenolic OH excluding ortho intramolecular Hbond substituents is 1. The number of benzene rings is 2. The van der Waals surface area contributed by atoms with E-state index >= 15 is 0 Å². The van der Waals surface area contributed by atoms with E-state index in [1.807, 2.05) is 0 Å². The number of esters is 1. The topological polar surface area (TPSA) is 122 Å². The minimum absolute atomic E-state index is 0.150. The number of rotatable bonds is 4. The van der Waals surface area contributed by atoms with Crippen LogP contribution in [0.1, 0.15) is 15.9 Å². The van der Waals surface area contributed by atoms with Gasteiger partial charge in [-0.1, -0.05) is 0 Å². The highest BCUT2D eigenvalue weighted by atomic mass is 16.5. The third-order valence-corrected chi connectivity index (χ3v) is 4.19. The maximum atomic E-state index is 12.8. The predicted octanol–water partition coefficient (Wildman–Crippen LogP) is 1.85. The average molecular weight is 396 g/mol. The lowest BCUT2D eigenvalue weighted by molar-refractivity contribution is -0.122. The SMILES string of the molecule is COC(=O)c1ccc(N2C(=O)NC(=O)/C(=C\c3ccc(OC)cc3O)C2=O)cc1. The minimum Gasteiger partial charge on any atom is -0.507 e. The first kappa shape index (κ1) is 19.6. The van der Waals surface area contributed by atoms with Gasteiger partial charge in [0, 0.05) is 11.6 Å². The van der Waals surface area contributed by atoms with Gasteiger partial charge in [-0.25, -0.2) is 14.5 Å². The summed E-state index contributed by atoms with van der Waals surface area (Å²) in [6.07, 6.45) is 1.18. The zero-order valence-corrected chi connectivity index (χ0v) is 15.5. The highest BCUT2D eigenvalue weighted by molar-refractivity contribution is 6.39. The van der Waals surface area contributed by atoms with Crippen molar-refractivity contribution in [2.45, 2.75) is 0 Å². The van der Waals surface area contributed by atoms with Crippen LogP contribution < -0.4 is 15.0 Å². The molecule has 29 heavy (non-hydrogen) atoms. The molecular formula is C20H16N2O7. The first-order chi connectivity index (χ1) is 13.8. The average Bonchev–Trinajstić information content (AvgIpc) is 2.71. The van der Waals surface area contributed by atoms with Crippen LogP contribution in [0, 0.1) is 0 Å². The number of barbiturate groups is 1. The summed E-state index contributed by atoms with van der Waals surface area (Å²) in [5.41, 5.74) is 0.232. The van der Waals surface area contributed by atoms with Gasteiger partial charge in [0.05, 0.1) is 25.5 Å². The Bertz CT molecular complexity index is 1040. The molecule has 1 fully saturated rings. The second-order valence-electron chi connectivity index (χ2n) is 5.92. The third-order valence-electron chi connectivity index (χ3n) is 4.19. The van der Waals surface area contributed by atoms with Gasteiger partial charge >= 0.3 is 12.0 Å². The largest absolute Gasteiger partial charge is 0.507 e. The molecule has 0 spiro atoms. The lowest BCUT2D eigenvalue weighted by Crippen LogP contribution is -2.54. The van der Waals surface area contributed by atoms with E-state index in [4.69, 9.17) is 4.74 Å². The Balaban J connectivity index is 1.97. The molecule has 0 bridgehead atoms. The molecule has 1 heterocycles. The Kier molecular flexibility index (Phi) is 5.31. The van der Waals surface area contributed by atoms with Crippen molar-refractivity contribution in [3.8, 4) is 11.5 Å². The van der Waals surface area contributed by atoms with E-state index < -0.39 is 23.8 Å². The van der Waals surface area contributed by atoms with Crippen molar-refractivity contribution in [2.24, 2.45) is 0 Å². The Labute approximate surface area is 165 Å². The summed E-state index contributed by atoms with van der Waals surface area (Å²) in [6.45, 7) is 0. The van der Waals surface area contributed by atoms with E-state index in [1.54, 1.807) is 6.07 Å². The van der Waals surface area contributed by atoms with Gasteiger partial charge < -0.3 is 14.6 Å². The number of urea groups is 1. The fourth-order valence-electron chi connectivity index (χ4n) is 2.68. The molecule has 2 aromatic carbocycles. The molecule has 3 rings (SSSR count). The zero-order valence-electron chi connectivity index (χ0n) is 15.5. The number of amides is 4. The fourth-order valence-corrected chi connectivity index (χ4v) is 2.68. The normalized spacial score (nSPS) is 15.3. The molecule has 9 heteroatoms. The molecule has 2 N–H and O–H groups in total. The van der Waals surface area contributed by atoms with E-state index in [0.717, 1.165) is 4.90 Å². The summed E-state index contributed by atoms with van der Waals surface area (Å²) in [5.74, 6) is -2.15. The Hall–Kier alpha value is -4.14. The van der Waals surface area contributed by atoms with Gasteiger partial charge in [-0.15, -0.1) is 0 Å². The predicted molar refractivity (Wildman–Crippen MR) is 101 cm³/mol. The van der Waals surface area contributed by atoms with E-state index in [-0.39, 0.29) is 28.1 Å². The van der Waals surface area contributed by atoms with Crippen molar-refractivity contribution >= 4 is 35.6 Å². The molecule has 0 unspecified atom stereocenters. The number of hydrogen-bond donors (Lipinski definition) is 2. The van der Waals surface area contributed by atoms with Gasteiger partial charge in [-0.2, -0.15) is 0 Å². The number of carbonyl (C=O) groups is 4. The molecular weight excluding hydrogens is 380 g/mol. The van der Waals surface area contributed by atoms with Crippen LogP contribution in [0.2, 0.25) is 0 Å². The van der Waals surface area contributed by atoms with E-state index in [1.165, 1.54) is 56.7 Å². The summed E-state index contributed by atoms with van der Waals surface area (Å²) in [4.78, 5) is 49.6. The Morgan fingerprint density at radius 1 is 1.07 bits per heavy atom. The summed E-state index contributed by atoms with van der Waals surface area (Å²) >= 11 is 0. The number of phenols is 1. The number of anilines is 1. The van der Waals surface area contributed by atoms with Crippen LogP contribution in [0.15, 0.2) is 48.0 Å². The monoisotopic (exact) mass is 396 g/mol. The summed E-state index contributed by atoms with van der Waals surface area (Å²) in [5, 5.41) is 12.2. The molecule has 0 atom stereocenters. The highest BCUT2D eigenvalue weighted by Crippen LogP contribution is 2.28. The number of aromatic hydroxyl groups is 1. The summed E-state index contributed by atoms with van der Waals surface area (Å²) in [7, 11) is 2.66. The van der Waals surface area contributed by atoms with Gasteiger partial charge in [0.15, 0.2) is 0 Å². The van der Waals surface area contributed by atoms with Crippen LogP contribution in [0.5, 0.6) is 11.5 Å². The molecule has 9 nitrogen and oxygen atoms in total. The number of hydrogen-bond acceptors (Lipinski definition) is 7. The number of nitrogens with zero attached hydrogens (tertiary/aromatic N) is 1. The molecule has 0 aliphatic carbocycles. The highest BCUT2D eigenvalue weighted by Gasteiger charge is 2.37. The van der Waals surface area contributed by atoms with Crippen molar-refractivity contribution in [1.82, 2.24) is 5.32 Å². The van der Waals surface area contributed by atoms with E-state index in [0.29, 0.717) is 5.75 Å².